The summed E-state index contributed by atoms with van der Waals surface area (Å²) in [5.41, 5.74) is -0.669. The molecule has 3 atom stereocenters. The van der Waals surface area contributed by atoms with Crippen LogP contribution in [0.15, 0.2) is 15.8 Å². The van der Waals surface area contributed by atoms with Gasteiger partial charge in [0.1, 0.15) is 18.9 Å². The highest BCUT2D eigenvalue weighted by Gasteiger charge is 2.36. The zero-order valence-corrected chi connectivity index (χ0v) is 15.4. The van der Waals surface area contributed by atoms with Crippen LogP contribution in [-0.2, 0) is 14.3 Å². The molecule has 0 bridgehead atoms. The third kappa shape index (κ3) is 5.54. The number of aromatic amines is 1. The summed E-state index contributed by atoms with van der Waals surface area (Å²) < 4.78 is 12.1. The number of hydrogen-bond acceptors (Lipinski definition) is 6. The first-order valence-electron chi connectivity index (χ1n) is 9.23. The van der Waals surface area contributed by atoms with Crippen molar-refractivity contribution in [3.8, 4) is 0 Å². The number of ether oxygens (including phenoxy) is 2. The zero-order chi connectivity index (χ0) is 19.1. The number of rotatable bonds is 9. The first-order chi connectivity index (χ1) is 12.4. The Bertz CT molecular complexity index is 710. The van der Waals surface area contributed by atoms with Crippen LogP contribution in [-0.4, -0.2) is 39.4 Å². The molecule has 1 aromatic heterocycles. The summed E-state index contributed by atoms with van der Waals surface area (Å²) >= 11 is 0. The van der Waals surface area contributed by atoms with E-state index in [4.69, 9.17) is 9.47 Å². The van der Waals surface area contributed by atoms with Crippen LogP contribution in [0.25, 0.3) is 0 Å². The quantitative estimate of drug-likeness (QED) is 0.503. The number of hydrogen-bond donors (Lipinski definition) is 2. The average Bonchev–Trinajstić information content (AvgIpc) is 2.96. The van der Waals surface area contributed by atoms with Gasteiger partial charge in [-0.05, 0) is 13.3 Å². The molecule has 1 aliphatic rings. The predicted octanol–water partition coefficient (Wildman–Crippen LogP) is 1.40. The maximum Gasteiger partial charge on any atom is 0.330 e. The summed E-state index contributed by atoms with van der Waals surface area (Å²) in [6.45, 7) is 3.67. The van der Waals surface area contributed by atoms with Crippen molar-refractivity contribution in [2.24, 2.45) is 0 Å². The molecule has 146 valence electrons. The molecule has 1 aromatic rings. The third-order valence-corrected chi connectivity index (χ3v) is 4.55. The van der Waals surface area contributed by atoms with Crippen LogP contribution in [0.5, 0.6) is 0 Å². The van der Waals surface area contributed by atoms with Crippen LogP contribution in [0.1, 0.15) is 63.7 Å². The fourth-order valence-corrected chi connectivity index (χ4v) is 2.96. The second-order valence-electron chi connectivity index (χ2n) is 6.76. The Balaban J connectivity index is 1.82. The van der Waals surface area contributed by atoms with Gasteiger partial charge in [-0.2, -0.15) is 0 Å². The van der Waals surface area contributed by atoms with Gasteiger partial charge in [0.05, 0.1) is 6.10 Å². The number of nitrogens with zero attached hydrogens (tertiary/aromatic N) is 1. The fraction of sp³-hybridized carbons (Fsp3) is 0.722. The molecule has 0 aliphatic carbocycles. The highest BCUT2D eigenvalue weighted by molar-refractivity contribution is 5.69. The molecule has 0 saturated carbocycles. The molecule has 8 nitrogen and oxygen atoms in total. The largest absolute Gasteiger partial charge is 0.463 e. The Morgan fingerprint density at radius 2 is 2.08 bits per heavy atom. The molecule has 8 heteroatoms. The highest BCUT2D eigenvalue weighted by Crippen LogP contribution is 2.27. The van der Waals surface area contributed by atoms with E-state index in [0.29, 0.717) is 12.0 Å². The van der Waals surface area contributed by atoms with Crippen LogP contribution in [0, 0.1) is 6.92 Å². The molecule has 1 fully saturated rings. The number of carbonyl (C=O) groups excluding carboxylic acids is 1. The molecule has 2 N–H and O–H groups in total. The van der Waals surface area contributed by atoms with Crippen molar-refractivity contribution in [2.45, 2.75) is 77.2 Å². The van der Waals surface area contributed by atoms with Gasteiger partial charge in [-0.3, -0.25) is 19.1 Å². The van der Waals surface area contributed by atoms with Crippen LogP contribution in [0.3, 0.4) is 0 Å². The second kappa shape index (κ2) is 9.68. The van der Waals surface area contributed by atoms with E-state index in [1.165, 1.54) is 17.2 Å². The number of aliphatic hydroxyl groups excluding tert-OH is 1. The molecule has 1 unspecified atom stereocenters. The van der Waals surface area contributed by atoms with Crippen LogP contribution in [0.2, 0.25) is 0 Å². The molecule has 2 heterocycles. The van der Waals surface area contributed by atoms with Gasteiger partial charge >= 0.3 is 11.7 Å². The Kier molecular flexibility index (Phi) is 7.59. The number of H-pyrrole nitrogens is 1. The molecule has 1 saturated heterocycles. The first-order valence-corrected chi connectivity index (χ1v) is 9.23. The lowest BCUT2D eigenvalue weighted by atomic mass is 10.1. The van der Waals surface area contributed by atoms with Gasteiger partial charge in [-0.15, -0.1) is 0 Å². The Labute approximate surface area is 152 Å². The normalized spacial score (nSPS) is 22.5. The van der Waals surface area contributed by atoms with Crippen molar-refractivity contribution in [1.82, 2.24) is 9.55 Å². The number of esters is 1. The van der Waals surface area contributed by atoms with Crippen molar-refractivity contribution in [3.05, 3.63) is 32.6 Å². The van der Waals surface area contributed by atoms with Crippen molar-refractivity contribution < 1.29 is 19.4 Å². The lowest BCUT2D eigenvalue weighted by Gasteiger charge is -2.16. The minimum Gasteiger partial charge on any atom is -0.463 e. The van der Waals surface area contributed by atoms with E-state index in [9.17, 15) is 19.5 Å². The minimum atomic E-state index is -0.850. The minimum absolute atomic E-state index is 0.0530. The van der Waals surface area contributed by atoms with Crippen molar-refractivity contribution in [3.63, 3.8) is 0 Å². The number of nitrogens with one attached hydrogen (secondary N) is 1. The number of aromatic nitrogens is 2. The number of carbonyl (C=O) groups is 1. The van der Waals surface area contributed by atoms with Crippen molar-refractivity contribution >= 4 is 5.97 Å². The average molecular weight is 368 g/mol. The van der Waals surface area contributed by atoms with Gasteiger partial charge in [0.2, 0.25) is 0 Å². The molecule has 0 spiro atoms. The van der Waals surface area contributed by atoms with E-state index >= 15 is 0 Å². The van der Waals surface area contributed by atoms with Gasteiger partial charge in [0.25, 0.3) is 5.56 Å². The van der Waals surface area contributed by atoms with Crippen LogP contribution < -0.4 is 11.2 Å². The third-order valence-electron chi connectivity index (χ3n) is 4.55. The van der Waals surface area contributed by atoms with Gasteiger partial charge in [0, 0.05) is 24.6 Å². The van der Waals surface area contributed by atoms with Crippen molar-refractivity contribution in [1.29, 1.82) is 0 Å². The Morgan fingerprint density at radius 1 is 1.35 bits per heavy atom. The summed E-state index contributed by atoms with van der Waals surface area (Å²) in [5.74, 6) is -0.308. The van der Waals surface area contributed by atoms with E-state index in [1.807, 2.05) is 0 Å². The molecule has 2 rings (SSSR count). The topological polar surface area (TPSA) is 111 Å². The summed E-state index contributed by atoms with van der Waals surface area (Å²) in [6, 6.07) is 0. The SMILES string of the molecule is CCCCCCCC(=O)OC[C@H]1O[C@@H](n2cc(C)c(=O)[nH]c2=O)CC1O. The Hall–Kier alpha value is -1.93. The van der Waals surface area contributed by atoms with Gasteiger partial charge in [-0.25, -0.2) is 4.79 Å². The molecular weight excluding hydrogens is 340 g/mol. The molecule has 1 aliphatic heterocycles. The van der Waals surface area contributed by atoms with Gasteiger partial charge in [-0.1, -0.05) is 32.6 Å². The summed E-state index contributed by atoms with van der Waals surface area (Å²) in [5, 5.41) is 10.1. The summed E-state index contributed by atoms with van der Waals surface area (Å²) in [4.78, 5) is 37.3. The maximum atomic E-state index is 11.9. The van der Waals surface area contributed by atoms with Crippen LogP contribution >= 0.6 is 0 Å². The summed E-state index contributed by atoms with van der Waals surface area (Å²) in [7, 11) is 0. The molecule has 0 amide bonds. The fourth-order valence-electron chi connectivity index (χ4n) is 2.96. The zero-order valence-electron chi connectivity index (χ0n) is 15.4. The number of aryl methyl sites for hydroxylation is 1. The van der Waals surface area contributed by atoms with E-state index in [1.54, 1.807) is 6.92 Å². The van der Waals surface area contributed by atoms with Crippen LogP contribution in [0.4, 0.5) is 0 Å². The number of unbranched alkanes of at least 4 members (excludes halogenated alkanes) is 4. The predicted molar refractivity (Wildman–Crippen MR) is 94.9 cm³/mol. The molecule has 26 heavy (non-hydrogen) atoms. The second-order valence-corrected chi connectivity index (χ2v) is 6.76. The lowest BCUT2D eigenvalue weighted by molar-refractivity contribution is -0.150. The first kappa shape index (κ1) is 20.4. The Morgan fingerprint density at radius 3 is 2.81 bits per heavy atom. The smallest absolute Gasteiger partial charge is 0.330 e. The van der Waals surface area contributed by atoms with E-state index in [0.717, 1.165) is 25.7 Å². The van der Waals surface area contributed by atoms with Gasteiger partial charge in [0.15, 0.2) is 0 Å². The molecular formula is C18H28N2O6. The molecule has 0 aromatic carbocycles. The van der Waals surface area contributed by atoms with Crippen molar-refractivity contribution in [2.75, 3.05) is 6.61 Å². The van der Waals surface area contributed by atoms with E-state index in [2.05, 4.69) is 11.9 Å². The van der Waals surface area contributed by atoms with Gasteiger partial charge < -0.3 is 14.6 Å². The van der Waals surface area contributed by atoms with E-state index in [-0.39, 0.29) is 19.0 Å². The molecule has 0 radical (unpaired) electrons. The van der Waals surface area contributed by atoms with E-state index < -0.39 is 29.7 Å². The maximum absolute atomic E-state index is 11.9. The monoisotopic (exact) mass is 368 g/mol. The lowest BCUT2D eigenvalue weighted by Crippen LogP contribution is -2.33. The number of aliphatic hydroxyl groups is 1. The standard InChI is InChI=1S/C18H28N2O6/c1-3-4-5-6-7-8-16(22)25-11-14-13(21)9-15(26-14)20-10-12(2)17(23)19-18(20)24/h10,13-15,21H,3-9,11H2,1-2H3,(H,19,23,24)/t13?,14-,15-/m1/s1. The highest BCUT2D eigenvalue weighted by atomic mass is 16.6. The summed E-state index contributed by atoms with van der Waals surface area (Å²) in [6.07, 6.45) is 4.93.